The molecule has 4 rings (SSSR count). The largest absolute Gasteiger partial charge is 0.507 e. The molecule has 2 heterocycles. The van der Waals surface area contributed by atoms with E-state index in [1.54, 1.807) is 37.3 Å². The molecule has 6 nitrogen and oxygen atoms in total. The average molecular weight is 375 g/mol. The molecule has 26 heavy (non-hydrogen) atoms. The van der Waals surface area contributed by atoms with Crippen molar-refractivity contribution in [3.05, 3.63) is 58.7 Å². The van der Waals surface area contributed by atoms with E-state index in [1.807, 2.05) is 13.0 Å². The van der Waals surface area contributed by atoms with Crippen molar-refractivity contribution in [2.24, 2.45) is 0 Å². The summed E-state index contributed by atoms with van der Waals surface area (Å²) in [6.07, 6.45) is 0. The minimum atomic E-state index is -3.63. The summed E-state index contributed by atoms with van der Waals surface area (Å²) in [5.74, 6) is -0.948. The van der Waals surface area contributed by atoms with Gasteiger partial charge in [-0.2, -0.15) is 4.31 Å². The van der Waals surface area contributed by atoms with Gasteiger partial charge in [-0.1, -0.05) is 23.8 Å². The average Bonchev–Trinajstić information content (AvgIpc) is 3.23. The van der Waals surface area contributed by atoms with Gasteiger partial charge in [0.1, 0.15) is 5.75 Å². The first-order chi connectivity index (χ1) is 12.3. The highest BCUT2D eigenvalue weighted by Gasteiger charge is 2.39. The Bertz CT molecular complexity index is 947. The number of hydrogen-bond acceptors (Lipinski definition) is 5. The van der Waals surface area contributed by atoms with Crippen molar-refractivity contribution in [1.29, 1.82) is 0 Å². The van der Waals surface area contributed by atoms with Crippen LogP contribution in [-0.2, 0) is 38.4 Å². The second-order valence-electron chi connectivity index (χ2n) is 6.83. The third kappa shape index (κ3) is 2.72. The SMILES string of the molecule is Cc1ccc(S(=O)(=O)N2Cc3ccc(C4(C)OCCO4)c(O)c3C2)cc1. The molecule has 138 valence electrons. The Morgan fingerprint density at radius 3 is 2.35 bits per heavy atom. The predicted molar refractivity (Wildman–Crippen MR) is 95.0 cm³/mol. The fourth-order valence-electron chi connectivity index (χ4n) is 3.49. The van der Waals surface area contributed by atoms with E-state index < -0.39 is 15.8 Å². The highest BCUT2D eigenvalue weighted by Crippen LogP contribution is 2.42. The summed E-state index contributed by atoms with van der Waals surface area (Å²) >= 11 is 0. The van der Waals surface area contributed by atoms with Crippen molar-refractivity contribution in [2.75, 3.05) is 13.2 Å². The van der Waals surface area contributed by atoms with E-state index in [-0.39, 0.29) is 23.7 Å². The predicted octanol–water partition coefficient (Wildman–Crippen LogP) is 2.62. The van der Waals surface area contributed by atoms with Gasteiger partial charge in [-0.3, -0.25) is 0 Å². The van der Waals surface area contributed by atoms with Crippen LogP contribution < -0.4 is 0 Å². The number of hydrogen-bond donors (Lipinski definition) is 1. The normalized spacial score (nSPS) is 19.6. The first kappa shape index (κ1) is 17.5. The number of nitrogens with zero attached hydrogens (tertiary/aromatic N) is 1. The molecule has 0 spiro atoms. The lowest BCUT2D eigenvalue weighted by molar-refractivity contribution is -0.150. The molecule has 7 heteroatoms. The van der Waals surface area contributed by atoms with E-state index in [0.717, 1.165) is 11.1 Å². The zero-order valence-corrected chi connectivity index (χ0v) is 15.5. The lowest BCUT2D eigenvalue weighted by Crippen LogP contribution is -2.25. The number of benzene rings is 2. The van der Waals surface area contributed by atoms with Crippen LogP contribution in [0.2, 0.25) is 0 Å². The Kier molecular flexibility index (Phi) is 4.07. The number of phenolic OH excluding ortho intramolecular Hbond substituents is 1. The zero-order chi connectivity index (χ0) is 18.5. The van der Waals surface area contributed by atoms with Crippen LogP contribution in [0.5, 0.6) is 5.75 Å². The maximum atomic E-state index is 12.9. The Morgan fingerprint density at radius 2 is 1.69 bits per heavy atom. The molecule has 0 amide bonds. The molecular weight excluding hydrogens is 354 g/mol. The summed E-state index contributed by atoms with van der Waals surface area (Å²) in [4.78, 5) is 0.255. The first-order valence-corrected chi connectivity index (χ1v) is 9.94. The minimum absolute atomic E-state index is 0.0495. The molecule has 0 bridgehead atoms. The van der Waals surface area contributed by atoms with Crippen LogP contribution in [0.15, 0.2) is 41.3 Å². The fraction of sp³-hybridized carbons (Fsp3) is 0.368. The van der Waals surface area contributed by atoms with Gasteiger partial charge in [-0.05, 0) is 37.6 Å². The molecule has 0 aromatic heterocycles. The van der Waals surface area contributed by atoms with E-state index in [4.69, 9.17) is 9.47 Å². The molecule has 1 saturated heterocycles. The highest BCUT2D eigenvalue weighted by molar-refractivity contribution is 7.89. The topological polar surface area (TPSA) is 76.1 Å². The van der Waals surface area contributed by atoms with Gasteiger partial charge in [0.15, 0.2) is 5.79 Å². The third-order valence-corrected chi connectivity index (χ3v) is 6.85. The second-order valence-corrected chi connectivity index (χ2v) is 8.77. The first-order valence-electron chi connectivity index (χ1n) is 8.50. The van der Waals surface area contributed by atoms with Gasteiger partial charge in [0.25, 0.3) is 0 Å². The molecule has 2 aliphatic heterocycles. The van der Waals surface area contributed by atoms with Gasteiger partial charge in [0.2, 0.25) is 10.0 Å². The summed E-state index contributed by atoms with van der Waals surface area (Å²) < 4.78 is 38.5. The van der Waals surface area contributed by atoms with Gasteiger partial charge >= 0.3 is 0 Å². The van der Waals surface area contributed by atoms with E-state index >= 15 is 0 Å². The van der Waals surface area contributed by atoms with Gasteiger partial charge in [-0.15, -0.1) is 0 Å². The maximum absolute atomic E-state index is 12.9. The molecule has 2 aromatic carbocycles. The molecular formula is C19H21NO5S. The summed E-state index contributed by atoms with van der Waals surface area (Å²) in [7, 11) is -3.63. The number of ether oxygens (including phenoxy) is 2. The molecule has 1 fully saturated rings. The number of aryl methyl sites for hydroxylation is 1. The smallest absolute Gasteiger partial charge is 0.243 e. The van der Waals surface area contributed by atoms with Crippen molar-refractivity contribution in [3.8, 4) is 5.75 Å². The van der Waals surface area contributed by atoms with Crippen LogP contribution in [0.25, 0.3) is 0 Å². The van der Waals surface area contributed by atoms with Crippen LogP contribution in [0, 0.1) is 6.92 Å². The number of fused-ring (bicyclic) bond motifs is 1. The lowest BCUT2D eigenvalue weighted by Gasteiger charge is -2.24. The number of aromatic hydroxyl groups is 1. The molecule has 0 radical (unpaired) electrons. The van der Waals surface area contributed by atoms with E-state index in [9.17, 15) is 13.5 Å². The molecule has 2 aliphatic rings. The van der Waals surface area contributed by atoms with Gasteiger partial charge in [0.05, 0.1) is 23.7 Å². The molecule has 0 aliphatic carbocycles. The van der Waals surface area contributed by atoms with Crippen LogP contribution in [0.4, 0.5) is 0 Å². The van der Waals surface area contributed by atoms with Crippen molar-refractivity contribution >= 4 is 10.0 Å². The standard InChI is InChI=1S/C19H21NO5S/c1-13-3-6-15(7-4-13)26(22,23)20-11-14-5-8-17(18(21)16(14)12-20)19(2)24-9-10-25-19/h3-8,21H,9-12H2,1-2H3. The van der Waals surface area contributed by atoms with Gasteiger partial charge < -0.3 is 14.6 Å². The fourth-order valence-corrected chi connectivity index (χ4v) is 4.88. The minimum Gasteiger partial charge on any atom is -0.507 e. The van der Waals surface area contributed by atoms with Crippen molar-refractivity contribution < 1.29 is 23.0 Å². The molecule has 0 unspecified atom stereocenters. The summed E-state index contributed by atoms with van der Waals surface area (Å²) in [5, 5.41) is 10.7. The van der Waals surface area contributed by atoms with Gasteiger partial charge in [0, 0.05) is 18.7 Å². The summed E-state index contributed by atoms with van der Waals surface area (Å²) in [5.41, 5.74) is 2.94. The Labute approximate surface area is 153 Å². The number of phenols is 1. The summed E-state index contributed by atoms with van der Waals surface area (Å²) in [6, 6.07) is 10.4. The van der Waals surface area contributed by atoms with Crippen LogP contribution in [-0.4, -0.2) is 31.0 Å². The molecule has 0 atom stereocenters. The maximum Gasteiger partial charge on any atom is 0.243 e. The van der Waals surface area contributed by atoms with Crippen LogP contribution >= 0.6 is 0 Å². The van der Waals surface area contributed by atoms with Crippen molar-refractivity contribution in [1.82, 2.24) is 4.31 Å². The zero-order valence-electron chi connectivity index (χ0n) is 14.7. The van der Waals surface area contributed by atoms with E-state index in [2.05, 4.69) is 0 Å². The Hall–Kier alpha value is -1.93. The van der Waals surface area contributed by atoms with Crippen LogP contribution in [0.1, 0.15) is 29.2 Å². The van der Waals surface area contributed by atoms with Crippen LogP contribution in [0.3, 0.4) is 0 Å². The van der Waals surface area contributed by atoms with E-state index in [0.29, 0.717) is 24.3 Å². The Balaban J connectivity index is 1.67. The van der Waals surface area contributed by atoms with Crippen molar-refractivity contribution in [2.45, 2.75) is 37.6 Å². The van der Waals surface area contributed by atoms with Gasteiger partial charge in [-0.25, -0.2) is 8.42 Å². The molecule has 2 aromatic rings. The Morgan fingerprint density at radius 1 is 1.04 bits per heavy atom. The molecule has 1 N–H and O–H groups in total. The monoisotopic (exact) mass is 375 g/mol. The van der Waals surface area contributed by atoms with E-state index in [1.165, 1.54) is 4.31 Å². The summed E-state index contributed by atoms with van der Waals surface area (Å²) in [6.45, 7) is 4.95. The lowest BCUT2D eigenvalue weighted by atomic mass is 9.99. The third-order valence-electron chi connectivity index (χ3n) is 5.05. The second kappa shape index (κ2) is 6.06. The molecule has 0 saturated carbocycles. The highest BCUT2D eigenvalue weighted by atomic mass is 32.2. The van der Waals surface area contributed by atoms with Crippen molar-refractivity contribution in [3.63, 3.8) is 0 Å². The number of rotatable bonds is 3. The quantitative estimate of drug-likeness (QED) is 0.893. The number of sulfonamides is 1.